The Morgan fingerprint density at radius 2 is 1.72 bits per heavy atom. The molecule has 5 atom stereocenters. The minimum Gasteiger partial charge on any atom is -0.495 e. The van der Waals surface area contributed by atoms with Crippen molar-refractivity contribution in [2.24, 2.45) is 15.6 Å². The number of anilines is 1. The summed E-state index contributed by atoms with van der Waals surface area (Å²) >= 11 is 6.32. The maximum Gasteiger partial charge on any atom is 0.255 e. The maximum atomic E-state index is 16.2. The van der Waals surface area contributed by atoms with E-state index in [1.807, 2.05) is 46.8 Å². The van der Waals surface area contributed by atoms with Crippen molar-refractivity contribution < 1.29 is 42.2 Å². The van der Waals surface area contributed by atoms with Crippen LogP contribution in [-0.4, -0.2) is 72.8 Å². The van der Waals surface area contributed by atoms with Gasteiger partial charge in [0.15, 0.2) is 0 Å². The highest BCUT2D eigenvalue weighted by Crippen LogP contribution is 2.53. The molecule has 3 aliphatic heterocycles. The second-order valence-corrected chi connectivity index (χ2v) is 20.6. The number of nitriles is 1. The maximum absolute atomic E-state index is 16.2. The van der Waals surface area contributed by atoms with Crippen LogP contribution >= 0.6 is 11.6 Å². The minimum absolute atomic E-state index is 0.0221. The van der Waals surface area contributed by atoms with Crippen LogP contribution in [0.1, 0.15) is 106 Å². The standard InChI is InChI=1S/C56H57ClF2N8O7/c1-30-15-17-38(40(58)23-30)56(29-60)45(27-55(4,5)6)63-49(47(56)36-12-8-13-39(57)48(36)59)53(71)62-42-18-16-33(26-44(42)73-7)51(69)61-21-10-22-74-50-31(2)24-34(25-32(50)3)65-66-41-14-9-11-35-37(41)28-67(54(35)72)43-19-20-46(68)64-52(43)70/h8-9,11-18,23-26,43,45,47,49,63H,10,19-22,27-28H2,1-7H3,(H,61,69)(H,62,71)(H,64,68,70)/t43?,45-,47-,49+,56-/m0/s1. The van der Waals surface area contributed by atoms with Crippen molar-refractivity contribution in [2.75, 3.05) is 25.6 Å². The fourth-order valence-electron chi connectivity index (χ4n) is 10.4. The number of halogens is 3. The number of benzene rings is 5. The predicted molar refractivity (Wildman–Crippen MR) is 274 cm³/mol. The molecule has 2 saturated heterocycles. The van der Waals surface area contributed by atoms with E-state index in [-0.39, 0.29) is 77.5 Å². The summed E-state index contributed by atoms with van der Waals surface area (Å²) < 4.78 is 44.2. The number of fused-ring (bicyclic) bond motifs is 1. The number of rotatable bonds is 15. The van der Waals surface area contributed by atoms with Gasteiger partial charge in [0, 0.05) is 53.7 Å². The molecular formula is C56H57ClF2N8O7. The van der Waals surface area contributed by atoms with Gasteiger partial charge in [0.05, 0.1) is 47.9 Å². The van der Waals surface area contributed by atoms with Gasteiger partial charge in [-0.25, -0.2) is 8.78 Å². The number of piperidine rings is 1. The first-order chi connectivity index (χ1) is 35.2. The zero-order valence-electron chi connectivity index (χ0n) is 42.1. The minimum atomic E-state index is -1.77. The van der Waals surface area contributed by atoms with Crippen molar-refractivity contribution in [2.45, 2.75) is 103 Å². The van der Waals surface area contributed by atoms with Gasteiger partial charge in [-0.15, -0.1) is 0 Å². The van der Waals surface area contributed by atoms with E-state index >= 15 is 8.78 Å². The Labute approximate surface area is 433 Å². The van der Waals surface area contributed by atoms with Gasteiger partial charge in [0.1, 0.15) is 34.6 Å². The van der Waals surface area contributed by atoms with Crippen LogP contribution in [0.4, 0.5) is 25.8 Å². The molecule has 0 bridgehead atoms. The number of nitrogens with zero attached hydrogens (tertiary/aromatic N) is 4. The molecule has 0 spiro atoms. The third kappa shape index (κ3) is 10.6. The largest absolute Gasteiger partial charge is 0.495 e. The van der Waals surface area contributed by atoms with E-state index < -0.39 is 64.2 Å². The Hall–Kier alpha value is -7.55. The number of carbonyl (C=O) groups excluding carboxylic acids is 5. The molecule has 384 valence electrons. The molecule has 1 unspecified atom stereocenters. The number of hydrogen-bond acceptors (Lipinski definition) is 11. The number of imide groups is 1. The number of azo groups is 1. The van der Waals surface area contributed by atoms with Crippen LogP contribution in [-0.2, 0) is 26.3 Å². The van der Waals surface area contributed by atoms with E-state index in [2.05, 4.69) is 37.6 Å². The topological polar surface area (TPSA) is 204 Å². The first-order valence-electron chi connectivity index (χ1n) is 24.3. The number of methoxy groups -OCH3 is 1. The lowest BCUT2D eigenvalue weighted by Gasteiger charge is -2.37. The van der Waals surface area contributed by atoms with Crippen molar-refractivity contribution in [3.05, 3.63) is 146 Å². The summed E-state index contributed by atoms with van der Waals surface area (Å²) in [4.78, 5) is 67.0. The summed E-state index contributed by atoms with van der Waals surface area (Å²) in [6, 6.07) is 21.8. The molecule has 0 aromatic heterocycles. The van der Waals surface area contributed by atoms with Crippen molar-refractivity contribution in [3.8, 4) is 17.6 Å². The second kappa shape index (κ2) is 21.5. The van der Waals surface area contributed by atoms with Gasteiger partial charge in [0.25, 0.3) is 11.8 Å². The van der Waals surface area contributed by atoms with Gasteiger partial charge < -0.3 is 30.3 Å². The van der Waals surface area contributed by atoms with Gasteiger partial charge in [-0.2, -0.15) is 15.5 Å². The van der Waals surface area contributed by atoms with Crippen LogP contribution in [0, 0.1) is 49.2 Å². The second-order valence-electron chi connectivity index (χ2n) is 20.2. The Morgan fingerprint density at radius 1 is 0.973 bits per heavy atom. The number of amides is 5. The van der Waals surface area contributed by atoms with Crippen LogP contribution < -0.4 is 30.7 Å². The molecule has 5 aromatic rings. The smallest absolute Gasteiger partial charge is 0.255 e. The number of aryl methyl sites for hydroxylation is 3. The highest BCUT2D eigenvalue weighted by Gasteiger charge is 2.61. The quantitative estimate of drug-likeness (QED) is 0.0447. The molecule has 3 heterocycles. The fraction of sp³-hybridized carbons (Fsp3) is 0.357. The molecule has 0 saturated carbocycles. The van der Waals surface area contributed by atoms with Crippen LogP contribution in [0.5, 0.6) is 11.5 Å². The van der Waals surface area contributed by atoms with Gasteiger partial charge in [-0.3, -0.25) is 29.3 Å². The fourth-order valence-corrected chi connectivity index (χ4v) is 10.6. The Bertz CT molecular complexity index is 3130. The third-order valence-electron chi connectivity index (χ3n) is 13.8. The highest BCUT2D eigenvalue weighted by atomic mass is 35.5. The van der Waals surface area contributed by atoms with Crippen molar-refractivity contribution in [3.63, 3.8) is 0 Å². The Morgan fingerprint density at radius 3 is 2.41 bits per heavy atom. The SMILES string of the molecule is COc1cc(C(=O)NCCCOc2c(C)cc(N=Nc3cccc4c3CN(C3CCC(=O)NC3=O)C4=O)cc2C)ccc1NC(=O)[C@@H]1N[C@@H](CC(C)(C)C)[C@](C#N)(c2ccc(C)cc2F)[C@H]1c1cccc(Cl)c1F. The van der Waals surface area contributed by atoms with Crippen LogP contribution in [0.15, 0.2) is 95.2 Å². The number of carbonyl (C=O) groups is 5. The molecule has 0 radical (unpaired) electrons. The van der Waals surface area contributed by atoms with E-state index in [9.17, 15) is 29.2 Å². The number of ether oxygens (including phenoxy) is 2. The lowest BCUT2D eigenvalue weighted by atomic mass is 9.62. The van der Waals surface area contributed by atoms with E-state index in [1.165, 1.54) is 60.5 Å². The van der Waals surface area contributed by atoms with Gasteiger partial charge in [0.2, 0.25) is 17.7 Å². The molecule has 15 nitrogen and oxygen atoms in total. The summed E-state index contributed by atoms with van der Waals surface area (Å²) in [5.74, 6) is -4.09. The van der Waals surface area contributed by atoms with Gasteiger partial charge in [-0.05, 0) is 122 Å². The van der Waals surface area contributed by atoms with Crippen LogP contribution in [0.3, 0.4) is 0 Å². The van der Waals surface area contributed by atoms with Crippen LogP contribution in [0.2, 0.25) is 5.02 Å². The molecule has 8 rings (SSSR count). The average Bonchev–Trinajstić information content (AvgIpc) is 3.85. The zero-order chi connectivity index (χ0) is 53.2. The first kappa shape index (κ1) is 52.8. The van der Waals surface area contributed by atoms with E-state index in [0.29, 0.717) is 46.7 Å². The van der Waals surface area contributed by atoms with Crippen molar-refractivity contribution >= 4 is 58.2 Å². The third-order valence-corrected chi connectivity index (χ3v) is 14.1. The molecule has 74 heavy (non-hydrogen) atoms. The Balaban J connectivity index is 0.906. The van der Waals surface area contributed by atoms with Crippen molar-refractivity contribution in [1.82, 2.24) is 20.9 Å². The molecule has 5 aromatic carbocycles. The summed E-state index contributed by atoms with van der Waals surface area (Å²) in [6.45, 7) is 12.1. The molecule has 3 aliphatic rings. The summed E-state index contributed by atoms with van der Waals surface area (Å²) in [6.07, 6.45) is 1.19. The highest BCUT2D eigenvalue weighted by molar-refractivity contribution is 6.30. The summed E-state index contributed by atoms with van der Waals surface area (Å²) in [5.41, 5.74) is 2.68. The molecule has 0 aliphatic carbocycles. The zero-order valence-corrected chi connectivity index (χ0v) is 42.9. The van der Waals surface area contributed by atoms with Gasteiger partial charge in [-0.1, -0.05) is 62.7 Å². The van der Waals surface area contributed by atoms with Crippen molar-refractivity contribution in [1.29, 1.82) is 5.26 Å². The summed E-state index contributed by atoms with van der Waals surface area (Å²) in [7, 11) is 1.39. The average molecular weight is 1030 g/mol. The lowest BCUT2D eigenvalue weighted by molar-refractivity contribution is -0.137. The molecule has 2 fully saturated rings. The molecular weight excluding hydrogens is 970 g/mol. The monoisotopic (exact) mass is 1030 g/mol. The van der Waals surface area contributed by atoms with Crippen LogP contribution in [0.25, 0.3) is 0 Å². The van der Waals surface area contributed by atoms with E-state index in [4.69, 9.17) is 21.1 Å². The normalized spacial score (nSPS) is 20.6. The number of hydrogen-bond donors (Lipinski definition) is 4. The number of nitrogens with one attached hydrogen (secondary N) is 4. The van der Waals surface area contributed by atoms with Gasteiger partial charge >= 0.3 is 0 Å². The molecule has 5 amide bonds. The summed E-state index contributed by atoms with van der Waals surface area (Å²) in [5, 5.41) is 31.4. The molecule has 18 heteroatoms. The first-order valence-corrected chi connectivity index (χ1v) is 24.7. The van der Waals surface area contributed by atoms with E-state index in [1.54, 1.807) is 31.2 Å². The lowest BCUT2D eigenvalue weighted by Crippen LogP contribution is -2.52. The predicted octanol–water partition coefficient (Wildman–Crippen LogP) is 9.89. The van der Waals surface area contributed by atoms with E-state index in [0.717, 1.165) is 11.1 Å². The Kier molecular flexibility index (Phi) is 15.3. The molecule has 4 N–H and O–H groups in total.